The molecule has 0 bridgehead atoms. The van der Waals surface area contributed by atoms with Crippen molar-refractivity contribution in [3.8, 4) is 0 Å². The second kappa shape index (κ2) is 5.86. The van der Waals surface area contributed by atoms with Crippen LogP contribution in [0.5, 0.6) is 0 Å². The summed E-state index contributed by atoms with van der Waals surface area (Å²) in [5, 5.41) is 0. The lowest BCUT2D eigenvalue weighted by atomic mass is 9.86. The molecular weight excluding hydrogens is 184 g/mol. The molecule has 0 spiro atoms. The van der Waals surface area contributed by atoms with E-state index in [0.29, 0.717) is 12.0 Å². The van der Waals surface area contributed by atoms with E-state index in [4.69, 9.17) is 5.73 Å². The molecule has 2 heteroatoms. The zero-order valence-electron chi connectivity index (χ0n) is 10.9. The minimum atomic E-state index is 0.326. The van der Waals surface area contributed by atoms with Crippen molar-refractivity contribution in [3.63, 3.8) is 0 Å². The molecule has 1 fully saturated rings. The Balaban J connectivity index is 2.35. The Labute approximate surface area is 95.2 Å². The molecule has 0 aromatic carbocycles. The van der Waals surface area contributed by atoms with Crippen LogP contribution >= 0.6 is 0 Å². The minimum absolute atomic E-state index is 0.326. The maximum absolute atomic E-state index is 6.12. The second-order valence-electron chi connectivity index (χ2n) is 5.77. The number of likely N-dealkylation sites (N-methyl/N-ethyl adjacent to an activating group) is 1. The largest absolute Gasteiger partial charge is 0.326 e. The fourth-order valence-electron chi connectivity index (χ4n) is 2.49. The SMILES string of the molecule is CC1CCCC(N(C)CC(N)C(C)C)C1. The van der Waals surface area contributed by atoms with Crippen molar-refractivity contribution >= 4 is 0 Å². The summed E-state index contributed by atoms with van der Waals surface area (Å²) in [7, 11) is 2.24. The van der Waals surface area contributed by atoms with Crippen LogP contribution in [-0.4, -0.2) is 30.6 Å². The number of rotatable bonds is 4. The molecule has 0 aliphatic heterocycles. The highest BCUT2D eigenvalue weighted by atomic mass is 15.1. The molecule has 3 unspecified atom stereocenters. The van der Waals surface area contributed by atoms with Gasteiger partial charge < -0.3 is 10.6 Å². The van der Waals surface area contributed by atoms with Crippen LogP contribution in [0, 0.1) is 11.8 Å². The Morgan fingerprint density at radius 2 is 2.00 bits per heavy atom. The van der Waals surface area contributed by atoms with E-state index in [-0.39, 0.29) is 0 Å². The number of hydrogen-bond acceptors (Lipinski definition) is 2. The van der Waals surface area contributed by atoms with Gasteiger partial charge in [0.15, 0.2) is 0 Å². The van der Waals surface area contributed by atoms with Crippen LogP contribution < -0.4 is 5.73 Å². The fourth-order valence-corrected chi connectivity index (χ4v) is 2.49. The van der Waals surface area contributed by atoms with E-state index < -0.39 is 0 Å². The third-order valence-corrected chi connectivity index (χ3v) is 3.89. The van der Waals surface area contributed by atoms with Crippen LogP contribution in [0.25, 0.3) is 0 Å². The van der Waals surface area contributed by atoms with Crippen molar-refractivity contribution in [2.24, 2.45) is 17.6 Å². The number of nitrogens with zero attached hydrogens (tertiary/aromatic N) is 1. The molecule has 0 saturated heterocycles. The lowest BCUT2D eigenvalue weighted by Gasteiger charge is -2.36. The number of hydrogen-bond donors (Lipinski definition) is 1. The molecule has 2 nitrogen and oxygen atoms in total. The van der Waals surface area contributed by atoms with Crippen LogP contribution in [0.15, 0.2) is 0 Å². The lowest BCUT2D eigenvalue weighted by molar-refractivity contribution is 0.149. The van der Waals surface area contributed by atoms with E-state index in [1.807, 2.05) is 0 Å². The average Bonchev–Trinajstić information content (AvgIpc) is 2.17. The van der Waals surface area contributed by atoms with Crippen LogP contribution in [0.4, 0.5) is 0 Å². The molecule has 0 aromatic rings. The van der Waals surface area contributed by atoms with E-state index in [2.05, 4.69) is 32.7 Å². The molecule has 0 heterocycles. The molecule has 90 valence electrons. The first-order valence-corrected chi connectivity index (χ1v) is 6.46. The molecule has 15 heavy (non-hydrogen) atoms. The van der Waals surface area contributed by atoms with Gasteiger partial charge in [0.2, 0.25) is 0 Å². The summed E-state index contributed by atoms with van der Waals surface area (Å²) in [6.45, 7) is 7.85. The summed E-state index contributed by atoms with van der Waals surface area (Å²) in [6.07, 6.45) is 5.54. The van der Waals surface area contributed by atoms with Gasteiger partial charge in [0.1, 0.15) is 0 Å². The van der Waals surface area contributed by atoms with Gasteiger partial charge in [-0.1, -0.05) is 33.6 Å². The lowest BCUT2D eigenvalue weighted by Crippen LogP contribution is -2.44. The van der Waals surface area contributed by atoms with Crippen molar-refractivity contribution < 1.29 is 0 Å². The first-order valence-electron chi connectivity index (χ1n) is 6.46. The van der Waals surface area contributed by atoms with Gasteiger partial charge >= 0.3 is 0 Å². The molecule has 3 atom stereocenters. The van der Waals surface area contributed by atoms with Crippen molar-refractivity contribution in [2.75, 3.05) is 13.6 Å². The van der Waals surface area contributed by atoms with Gasteiger partial charge in [-0.05, 0) is 31.7 Å². The van der Waals surface area contributed by atoms with Gasteiger partial charge in [-0.25, -0.2) is 0 Å². The van der Waals surface area contributed by atoms with Crippen LogP contribution in [0.3, 0.4) is 0 Å². The van der Waals surface area contributed by atoms with Crippen molar-refractivity contribution in [1.82, 2.24) is 4.90 Å². The topological polar surface area (TPSA) is 29.3 Å². The van der Waals surface area contributed by atoms with Gasteiger partial charge in [0.25, 0.3) is 0 Å². The zero-order chi connectivity index (χ0) is 11.4. The predicted octanol–water partition coefficient (Wildman–Crippen LogP) is 2.48. The first-order chi connectivity index (χ1) is 7.00. The highest BCUT2D eigenvalue weighted by Crippen LogP contribution is 2.26. The third kappa shape index (κ3) is 4.12. The van der Waals surface area contributed by atoms with Crippen molar-refractivity contribution in [1.29, 1.82) is 0 Å². The molecule has 1 rings (SSSR count). The zero-order valence-corrected chi connectivity index (χ0v) is 10.9. The van der Waals surface area contributed by atoms with Crippen LogP contribution in [-0.2, 0) is 0 Å². The molecule has 0 amide bonds. The van der Waals surface area contributed by atoms with Crippen LogP contribution in [0.2, 0.25) is 0 Å². The third-order valence-electron chi connectivity index (χ3n) is 3.89. The molecule has 1 aliphatic rings. The quantitative estimate of drug-likeness (QED) is 0.776. The average molecular weight is 212 g/mol. The smallest absolute Gasteiger partial charge is 0.0191 e. The van der Waals surface area contributed by atoms with E-state index in [0.717, 1.165) is 18.5 Å². The predicted molar refractivity (Wildman–Crippen MR) is 66.9 cm³/mol. The number of nitrogens with two attached hydrogens (primary N) is 1. The van der Waals surface area contributed by atoms with Gasteiger partial charge in [-0.15, -0.1) is 0 Å². The monoisotopic (exact) mass is 212 g/mol. The molecule has 1 saturated carbocycles. The van der Waals surface area contributed by atoms with E-state index >= 15 is 0 Å². The first kappa shape index (κ1) is 13.0. The highest BCUT2D eigenvalue weighted by molar-refractivity contribution is 4.80. The summed E-state index contributed by atoms with van der Waals surface area (Å²) in [6, 6.07) is 1.10. The maximum atomic E-state index is 6.12. The molecule has 2 N–H and O–H groups in total. The Hall–Kier alpha value is -0.0800. The van der Waals surface area contributed by atoms with Gasteiger partial charge in [0.05, 0.1) is 0 Å². The Kier molecular flexibility index (Phi) is 5.07. The van der Waals surface area contributed by atoms with Crippen molar-refractivity contribution in [2.45, 2.75) is 58.5 Å². The molecule has 0 radical (unpaired) electrons. The summed E-state index contributed by atoms with van der Waals surface area (Å²) in [4.78, 5) is 2.49. The Morgan fingerprint density at radius 1 is 1.33 bits per heavy atom. The summed E-state index contributed by atoms with van der Waals surface area (Å²) in [5.74, 6) is 1.50. The summed E-state index contributed by atoms with van der Waals surface area (Å²) in [5.41, 5.74) is 6.12. The van der Waals surface area contributed by atoms with E-state index in [1.54, 1.807) is 0 Å². The standard InChI is InChI=1S/C13H28N2/c1-10(2)13(14)9-15(4)12-7-5-6-11(3)8-12/h10-13H,5-9,14H2,1-4H3. The Bertz CT molecular complexity index is 179. The van der Waals surface area contributed by atoms with Gasteiger partial charge in [-0.2, -0.15) is 0 Å². The van der Waals surface area contributed by atoms with Gasteiger partial charge in [0, 0.05) is 18.6 Å². The summed E-state index contributed by atoms with van der Waals surface area (Å²) >= 11 is 0. The molecular formula is C13H28N2. The summed E-state index contributed by atoms with van der Waals surface area (Å²) < 4.78 is 0. The van der Waals surface area contributed by atoms with Crippen molar-refractivity contribution in [3.05, 3.63) is 0 Å². The molecule has 0 aromatic heterocycles. The van der Waals surface area contributed by atoms with Gasteiger partial charge in [-0.3, -0.25) is 0 Å². The van der Waals surface area contributed by atoms with E-state index in [9.17, 15) is 0 Å². The Morgan fingerprint density at radius 3 is 2.53 bits per heavy atom. The fraction of sp³-hybridized carbons (Fsp3) is 1.00. The maximum Gasteiger partial charge on any atom is 0.0191 e. The normalized spacial score (nSPS) is 29.8. The second-order valence-corrected chi connectivity index (χ2v) is 5.77. The molecule has 1 aliphatic carbocycles. The highest BCUT2D eigenvalue weighted by Gasteiger charge is 2.23. The minimum Gasteiger partial charge on any atom is -0.326 e. The van der Waals surface area contributed by atoms with E-state index in [1.165, 1.54) is 25.7 Å². The van der Waals surface area contributed by atoms with Crippen LogP contribution in [0.1, 0.15) is 46.5 Å².